The summed E-state index contributed by atoms with van der Waals surface area (Å²) >= 11 is 0. The molecule has 0 radical (unpaired) electrons. The lowest BCUT2D eigenvalue weighted by molar-refractivity contribution is 0.0287. The first-order valence-electron chi connectivity index (χ1n) is 25.8. The Bertz CT molecular complexity index is 1680. The van der Waals surface area contributed by atoms with E-state index in [0.29, 0.717) is 34.8 Å². The van der Waals surface area contributed by atoms with E-state index < -0.39 is 0 Å². The number of hydrogen-bond donors (Lipinski definition) is 0. The Balaban J connectivity index is 1.05. The molecule has 3 aromatic carbocycles. The first-order valence-corrected chi connectivity index (χ1v) is 25.8. The highest BCUT2D eigenvalue weighted by Gasteiger charge is 2.37. The van der Waals surface area contributed by atoms with Gasteiger partial charge in [0.05, 0.1) is 19.8 Å². The molecule has 0 aliphatic carbocycles. The van der Waals surface area contributed by atoms with E-state index in [2.05, 4.69) is 155 Å². The maximum atomic E-state index is 6.25. The molecule has 350 valence electrons. The Morgan fingerprint density at radius 2 is 1.11 bits per heavy atom. The first-order chi connectivity index (χ1) is 30.2. The van der Waals surface area contributed by atoms with Crippen LogP contribution in [0.25, 0.3) is 0 Å². The molecule has 0 saturated carbocycles. The minimum Gasteiger partial charge on any atom is -0.381 e. The van der Waals surface area contributed by atoms with E-state index in [1.807, 2.05) is 0 Å². The third kappa shape index (κ3) is 16.1. The zero-order chi connectivity index (χ0) is 44.7. The van der Waals surface area contributed by atoms with Crippen molar-refractivity contribution in [2.75, 3.05) is 72.2 Å². The molecule has 0 aromatic heterocycles. The molecule has 5 heteroatoms. The lowest BCUT2D eigenvalue weighted by Gasteiger charge is -2.44. The van der Waals surface area contributed by atoms with Crippen LogP contribution in [0.5, 0.6) is 0 Å². The minimum absolute atomic E-state index is 0.312. The fraction of sp³-hybridized carbons (Fsp3) is 0.690. The maximum absolute atomic E-state index is 6.25. The van der Waals surface area contributed by atoms with E-state index >= 15 is 0 Å². The van der Waals surface area contributed by atoms with Crippen LogP contribution in [-0.4, -0.2) is 86.9 Å². The minimum atomic E-state index is 0.312. The van der Waals surface area contributed by atoms with Crippen LogP contribution < -0.4 is 0 Å². The maximum Gasteiger partial charge on any atom is 0.0717 e. The molecule has 3 fully saturated rings. The SMILES string of the molecule is CC(C)(C)C1CCN(CCCC(CC(C)(C)C2CCN(CCCCOCCc3ccccc3)CC2)c2ccc(C3CC(C(C)(C)C)CCN3CCOCc3ccccc3)cc2)CC1. The van der Waals surface area contributed by atoms with E-state index in [0.717, 1.165) is 63.5 Å². The van der Waals surface area contributed by atoms with Crippen LogP contribution in [0, 0.1) is 34.0 Å². The third-order valence-corrected chi connectivity index (χ3v) is 16.1. The second-order valence-electron chi connectivity index (χ2n) is 23.0. The largest absolute Gasteiger partial charge is 0.381 e. The summed E-state index contributed by atoms with van der Waals surface area (Å²) in [5, 5.41) is 0. The van der Waals surface area contributed by atoms with Crippen molar-refractivity contribution in [3.63, 3.8) is 0 Å². The number of hydrogen-bond acceptors (Lipinski definition) is 5. The summed E-state index contributed by atoms with van der Waals surface area (Å²) in [5.74, 6) is 2.96. The number of nitrogens with zero attached hydrogens (tertiary/aromatic N) is 3. The molecule has 3 aliphatic rings. The van der Waals surface area contributed by atoms with Gasteiger partial charge in [-0.15, -0.1) is 0 Å². The van der Waals surface area contributed by atoms with Crippen LogP contribution >= 0.6 is 0 Å². The van der Waals surface area contributed by atoms with Crippen molar-refractivity contribution in [1.29, 1.82) is 0 Å². The van der Waals surface area contributed by atoms with Crippen molar-refractivity contribution in [2.24, 2.45) is 34.0 Å². The highest BCUT2D eigenvalue weighted by atomic mass is 16.5. The number of ether oxygens (including phenoxy) is 2. The molecule has 0 N–H and O–H groups in total. The van der Waals surface area contributed by atoms with Gasteiger partial charge < -0.3 is 19.3 Å². The van der Waals surface area contributed by atoms with Gasteiger partial charge >= 0.3 is 0 Å². The Morgan fingerprint density at radius 3 is 1.73 bits per heavy atom. The van der Waals surface area contributed by atoms with Crippen molar-refractivity contribution in [2.45, 2.75) is 151 Å². The lowest BCUT2D eigenvalue weighted by atomic mass is 9.67. The van der Waals surface area contributed by atoms with Crippen LogP contribution in [0.2, 0.25) is 0 Å². The number of unbranched alkanes of at least 4 members (excludes halogenated alkanes) is 1. The number of piperidine rings is 3. The normalized spacial score (nSPS) is 21.2. The molecule has 6 rings (SSSR count). The van der Waals surface area contributed by atoms with Gasteiger partial charge in [-0.3, -0.25) is 4.90 Å². The van der Waals surface area contributed by atoms with E-state index in [-0.39, 0.29) is 0 Å². The predicted molar refractivity (Wildman–Crippen MR) is 267 cm³/mol. The smallest absolute Gasteiger partial charge is 0.0717 e. The summed E-state index contributed by atoms with van der Waals surface area (Å²) in [4.78, 5) is 8.26. The van der Waals surface area contributed by atoms with E-state index in [4.69, 9.17) is 9.47 Å². The first kappa shape index (κ1) is 49.9. The molecule has 63 heavy (non-hydrogen) atoms. The Morgan fingerprint density at radius 1 is 0.540 bits per heavy atom. The highest BCUT2D eigenvalue weighted by molar-refractivity contribution is 5.29. The molecular weight excluding hydrogens is 771 g/mol. The quantitative estimate of drug-likeness (QED) is 0.0939. The highest BCUT2D eigenvalue weighted by Crippen LogP contribution is 2.46. The summed E-state index contributed by atoms with van der Waals surface area (Å²) in [5.41, 5.74) is 6.76. The van der Waals surface area contributed by atoms with E-state index in [1.165, 1.54) is 120 Å². The average molecular weight is 862 g/mol. The average Bonchev–Trinajstić information content (AvgIpc) is 3.27. The van der Waals surface area contributed by atoms with Crippen molar-refractivity contribution >= 4 is 0 Å². The van der Waals surface area contributed by atoms with E-state index in [9.17, 15) is 0 Å². The predicted octanol–water partition coefficient (Wildman–Crippen LogP) is 13.5. The van der Waals surface area contributed by atoms with Gasteiger partial charge in [-0.05, 0) is 185 Å². The fourth-order valence-corrected chi connectivity index (χ4v) is 11.5. The number of likely N-dealkylation sites (tertiary alicyclic amines) is 3. The van der Waals surface area contributed by atoms with Crippen LogP contribution in [0.1, 0.15) is 160 Å². The van der Waals surface area contributed by atoms with Crippen LogP contribution in [-0.2, 0) is 22.5 Å². The lowest BCUT2D eigenvalue weighted by Crippen LogP contribution is -2.41. The van der Waals surface area contributed by atoms with Gasteiger partial charge in [-0.1, -0.05) is 140 Å². The van der Waals surface area contributed by atoms with Crippen LogP contribution in [0.4, 0.5) is 0 Å². The Labute approximate surface area is 387 Å². The van der Waals surface area contributed by atoms with Gasteiger partial charge in [0.2, 0.25) is 0 Å². The van der Waals surface area contributed by atoms with E-state index in [1.54, 1.807) is 5.56 Å². The second kappa shape index (κ2) is 24.3. The van der Waals surface area contributed by atoms with Gasteiger partial charge in [-0.2, -0.15) is 0 Å². The van der Waals surface area contributed by atoms with Crippen molar-refractivity contribution in [1.82, 2.24) is 14.7 Å². The zero-order valence-corrected chi connectivity index (χ0v) is 41.6. The van der Waals surface area contributed by atoms with Gasteiger partial charge in [0.25, 0.3) is 0 Å². The summed E-state index contributed by atoms with van der Waals surface area (Å²) in [6.45, 7) is 32.7. The van der Waals surface area contributed by atoms with Gasteiger partial charge in [0.1, 0.15) is 0 Å². The van der Waals surface area contributed by atoms with Gasteiger partial charge in [0.15, 0.2) is 0 Å². The molecular formula is C58H91N3O2. The fourth-order valence-electron chi connectivity index (χ4n) is 11.5. The third-order valence-electron chi connectivity index (χ3n) is 16.1. The number of benzene rings is 3. The van der Waals surface area contributed by atoms with Crippen molar-refractivity contribution in [3.8, 4) is 0 Å². The molecule has 0 spiro atoms. The molecule has 3 atom stereocenters. The Kier molecular flexibility index (Phi) is 19.2. The summed E-state index contributed by atoms with van der Waals surface area (Å²) in [6, 6.07) is 32.0. The molecule has 3 unspecified atom stereocenters. The number of rotatable bonds is 22. The molecule has 0 bridgehead atoms. The topological polar surface area (TPSA) is 28.2 Å². The summed E-state index contributed by atoms with van der Waals surface area (Å²) in [6.07, 6.45) is 15.1. The monoisotopic (exact) mass is 862 g/mol. The molecule has 0 amide bonds. The molecule has 3 heterocycles. The zero-order valence-electron chi connectivity index (χ0n) is 41.6. The standard InChI is InChI=1S/C58H91N3O2/c1-56(2,3)52-27-35-60(36-28-52)34-17-22-51(45-58(7,8)53-29-37-59(38-30-53)33-15-16-41-62-42-32-47-18-11-9-12-19-47)49-23-25-50(26-24-49)55-44-54(57(4,5)6)31-39-61(55)40-43-63-46-48-20-13-10-14-21-48/h9-14,18-21,23-26,51-55H,15-17,22,27-46H2,1-8H3. The summed E-state index contributed by atoms with van der Waals surface area (Å²) in [7, 11) is 0. The summed E-state index contributed by atoms with van der Waals surface area (Å²) < 4.78 is 12.2. The molecule has 3 aromatic rings. The second-order valence-corrected chi connectivity index (χ2v) is 23.0. The molecule has 3 saturated heterocycles. The molecule has 5 nitrogen and oxygen atoms in total. The van der Waals surface area contributed by atoms with Crippen molar-refractivity contribution in [3.05, 3.63) is 107 Å². The van der Waals surface area contributed by atoms with Crippen LogP contribution in [0.15, 0.2) is 84.9 Å². The van der Waals surface area contributed by atoms with Crippen LogP contribution in [0.3, 0.4) is 0 Å². The van der Waals surface area contributed by atoms with Gasteiger partial charge in [0, 0.05) is 19.2 Å². The van der Waals surface area contributed by atoms with Gasteiger partial charge in [-0.25, -0.2) is 0 Å². The Hall–Kier alpha value is -2.54. The van der Waals surface area contributed by atoms with Crippen molar-refractivity contribution < 1.29 is 9.47 Å². The molecule has 3 aliphatic heterocycles.